The van der Waals surface area contributed by atoms with Gasteiger partial charge >= 0.3 is 0 Å². The highest BCUT2D eigenvalue weighted by molar-refractivity contribution is 6.30. The van der Waals surface area contributed by atoms with Gasteiger partial charge in [0.25, 0.3) is 0 Å². The molecule has 0 aliphatic carbocycles. The van der Waals surface area contributed by atoms with Gasteiger partial charge in [-0.2, -0.15) is 0 Å². The third-order valence-corrected chi connectivity index (χ3v) is 4.87. The molecule has 0 N–H and O–H groups in total. The molecule has 5 nitrogen and oxygen atoms in total. The number of hydrogen-bond donors (Lipinski definition) is 0. The van der Waals surface area contributed by atoms with Gasteiger partial charge in [-0.3, -0.25) is 4.99 Å². The molecule has 142 valence electrons. The number of halogens is 1. The lowest BCUT2D eigenvalue weighted by Gasteiger charge is -2.17. The van der Waals surface area contributed by atoms with Crippen molar-refractivity contribution in [1.29, 1.82) is 0 Å². The van der Waals surface area contributed by atoms with E-state index in [9.17, 15) is 0 Å². The molecular weight excluding hydrogens is 372 g/mol. The Labute approximate surface area is 169 Å². The van der Waals surface area contributed by atoms with Crippen molar-refractivity contribution in [3.8, 4) is 11.5 Å². The summed E-state index contributed by atoms with van der Waals surface area (Å²) in [5.41, 5.74) is 2.91. The highest BCUT2D eigenvalue weighted by Crippen LogP contribution is 2.28. The van der Waals surface area contributed by atoms with Gasteiger partial charge in [0.05, 0.1) is 17.0 Å². The molecule has 1 aliphatic heterocycles. The molecule has 1 aromatic heterocycles. The Bertz CT molecular complexity index is 1000. The predicted octanol–water partition coefficient (Wildman–Crippen LogP) is 5.58. The van der Waals surface area contributed by atoms with Gasteiger partial charge in [0.1, 0.15) is 23.1 Å². The maximum atomic E-state index is 5.91. The molecule has 1 aliphatic rings. The topological polar surface area (TPSA) is 50.6 Å². The normalized spacial score (nSPS) is 15.2. The van der Waals surface area contributed by atoms with Gasteiger partial charge in [0.15, 0.2) is 0 Å². The Hall–Kier alpha value is -2.92. The lowest BCUT2D eigenvalue weighted by atomic mass is 10.1. The second-order valence-electron chi connectivity index (χ2n) is 6.79. The fourth-order valence-corrected chi connectivity index (χ4v) is 3.30. The van der Waals surface area contributed by atoms with E-state index in [0.29, 0.717) is 5.02 Å². The van der Waals surface area contributed by atoms with E-state index in [1.54, 1.807) is 0 Å². The first-order chi connectivity index (χ1) is 13.6. The van der Waals surface area contributed by atoms with Gasteiger partial charge in [-0.1, -0.05) is 11.6 Å². The molecule has 0 fully saturated rings. The molecule has 0 bridgehead atoms. The van der Waals surface area contributed by atoms with Crippen LogP contribution in [0.3, 0.4) is 0 Å². The number of nitrogens with zero attached hydrogens (tertiary/aromatic N) is 4. The molecule has 4 rings (SSSR count). The fraction of sp³-hybridized carbons (Fsp3) is 0.227. The van der Waals surface area contributed by atoms with Crippen molar-refractivity contribution in [3.63, 3.8) is 0 Å². The van der Waals surface area contributed by atoms with Crippen LogP contribution < -0.4 is 9.64 Å². The maximum Gasteiger partial charge on any atom is 0.141 e. The smallest absolute Gasteiger partial charge is 0.141 e. The minimum absolute atomic E-state index is 0.687. The second kappa shape index (κ2) is 7.98. The number of aryl methyl sites for hydroxylation is 1. The molecule has 0 saturated heterocycles. The van der Waals surface area contributed by atoms with Crippen molar-refractivity contribution in [2.45, 2.75) is 19.8 Å². The van der Waals surface area contributed by atoms with Crippen LogP contribution in [0, 0.1) is 6.92 Å². The van der Waals surface area contributed by atoms with Crippen LogP contribution in [0.4, 0.5) is 11.5 Å². The largest absolute Gasteiger partial charge is 0.457 e. The molecule has 0 saturated carbocycles. The molecular formula is C22H21ClN4O. The van der Waals surface area contributed by atoms with E-state index in [2.05, 4.69) is 21.9 Å². The van der Waals surface area contributed by atoms with Gasteiger partial charge in [-0.25, -0.2) is 9.97 Å². The zero-order valence-electron chi connectivity index (χ0n) is 15.9. The summed E-state index contributed by atoms with van der Waals surface area (Å²) in [6.07, 6.45) is 3.81. The number of anilines is 1. The summed E-state index contributed by atoms with van der Waals surface area (Å²) in [5.74, 6) is 3.23. The SMILES string of the molecule is Cc1ncc2c(n1)N(C)CCCC2=Nc1ccc(Oc2ccc(Cl)cc2)cc1. The lowest BCUT2D eigenvalue weighted by molar-refractivity contribution is 0.483. The van der Waals surface area contributed by atoms with Crippen molar-refractivity contribution >= 4 is 28.8 Å². The van der Waals surface area contributed by atoms with Crippen LogP contribution in [0.25, 0.3) is 0 Å². The first-order valence-electron chi connectivity index (χ1n) is 9.25. The minimum atomic E-state index is 0.687. The van der Waals surface area contributed by atoms with Crippen molar-refractivity contribution in [1.82, 2.24) is 9.97 Å². The average molecular weight is 393 g/mol. The zero-order chi connectivity index (χ0) is 19.5. The molecule has 2 heterocycles. The molecule has 0 radical (unpaired) electrons. The van der Waals surface area contributed by atoms with Crippen LogP contribution in [-0.4, -0.2) is 29.3 Å². The van der Waals surface area contributed by atoms with E-state index in [1.807, 2.05) is 61.7 Å². The summed E-state index contributed by atoms with van der Waals surface area (Å²) in [7, 11) is 2.07. The summed E-state index contributed by atoms with van der Waals surface area (Å²) in [5, 5.41) is 0.687. The quantitative estimate of drug-likeness (QED) is 0.583. The van der Waals surface area contributed by atoms with Crippen molar-refractivity contribution in [2.75, 3.05) is 18.5 Å². The molecule has 0 unspecified atom stereocenters. The first-order valence-corrected chi connectivity index (χ1v) is 9.62. The third-order valence-electron chi connectivity index (χ3n) is 4.62. The van der Waals surface area contributed by atoms with E-state index in [0.717, 1.165) is 59.5 Å². The van der Waals surface area contributed by atoms with E-state index >= 15 is 0 Å². The summed E-state index contributed by atoms with van der Waals surface area (Å²) < 4.78 is 5.85. The highest BCUT2D eigenvalue weighted by Gasteiger charge is 2.19. The van der Waals surface area contributed by atoms with Crippen LogP contribution in [0.15, 0.2) is 59.7 Å². The van der Waals surface area contributed by atoms with Crippen molar-refractivity contribution in [3.05, 3.63) is 71.1 Å². The molecule has 0 spiro atoms. The zero-order valence-corrected chi connectivity index (χ0v) is 16.6. The Morgan fingerprint density at radius 1 is 1.04 bits per heavy atom. The van der Waals surface area contributed by atoms with E-state index in [1.165, 1.54) is 0 Å². The predicted molar refractivity (Wildman–Crippen MR) is 113 cm³/mol. The third kappa shape index (κ3) is 4.15. The number of hydrogen-bond acceptors (Lipinski definition) is 5. The van der Waals surface area contributed by atoms with Crippen LogP contribution in [0.2, 0.25) is 5.02 Å². The van der Waals surface area contributed by atoms with E-state index < -0.39 is 0 Å². The second-order valence-corrected chi connectivity index (χ2v) is 7.22. The van der Waals surface area contributed by atoms with Crippen LogP contribution in [0.5, 0.6) is 11.5 Å². The molecule has 2 aromatic carbocycles. The number of aromatic nitrogens is 2. The molecule has 0 atom stereocenters. The number of rotatable bonds is 3. The lowest BCUT2D eigenvalue weighted by Crippen LogP contribution is -2.19. The Balaban J connectivity index is 1.58. The standard InChI is InChI=1S/C22H21ClN4O/c1-15-24-14-20-21(4-3-13-27(2)22(20)25-15)26-17-7-11-19(12-8-17)28-18-9-5-16(23)6-10-18/h5-12,14H,3-4,13H2,1-2H3. The Kier molecular flexibility index (Phi) is 5.26. The molecule has 6 heteroatoms. The summed E-state index contributed by atoms with van der Waals surface area (Å²) >= 11 is 5.91. The van der Waals surface area contributed by atoms with Gasteiger partial charge in [0.2, 0.25) is 0 Å². The molecule has 0 amide bonds. The summed E-state index contributed by atoms with van der Waals surface area (Å²) in [4.78, 5) is 16.1. The van der Waals surface area contributed by atoms with Gasteiger partial charge in [-0.15, -0.1) is 0 Å². The number of ether oxygens (including phenoxy) is 1. The van der Waals surface area contributed by atoms with Crippen LogP contribution in [-0.2, 0) is 0 Å². The van der Waals surface area contributed by atoms with Gasteiger partial charge < -0.3 is 9.64 Å². The Morgan fingerprint density at radius 2 is 1.71 bits per heavy atom. The number of fused-ring (bicyclic) bond motifs is 1. The van der Waals surface area contributed by atoms with Gasteiger partial charge in [0, 0.05) is 24.8 Å². The minimum Gasteiger partial charge on any atom is -0.457 e. The summed E-state index contributed by atoms with van der Waals surface area (Å²) in [6, 6.07) is 15.1. The highest BCUT2D eigenvalue weighted by atomic mass is 35.5. The monoisotopic (exact) mass is 392 g/mol. The van der Waals surface area contributed by atoms with E-state index in [4.69, 9.17) is 21.3 Å². The number of aliphatic imine (C=N–C) groups is 1. The first kappa shape index (κ1) is 18.4. The maximum absolute atomic E-state index is 5.91. The van der Waals surface area contributed by atoms with Gasteiger partial charge in [-0.05, 0) is 68.3 Å². The van der Waals surface area contributed by atoms with Crippen molar-refractivity contribution in [2.24, 2.45) is 4.99 Å². The molecule has 3 aromatic rings. The van der Waals surface area contributed by atoms with Crippen LogP contribution in [0.1, 0.15) is 24.2 Å². The van der Waals surface area contributed by atoms with Crippen molar-refractivity contribution < 1.29 is 4.74 Å². The fourth-order valence-electron chi connectivity index (χ4n) is 3.18. The number of benzene rings is 2. The van der Waals surface area contributed by atoms with Crippen LogP contribution >= 0.6 is 11.6 Å². The van der Waals surface area contributed by atoms with E-state index in [-0.39, 0.29) is 0 Å². The average Bonchev–Trinajstić information content (AvgIpc) is 2.84. The molecule has 28 heavy (non-hydrogen) atoms. The summed E-state index contributed by atoms with van der Waals surface area (Å²) in [6.45, 7) is 2.87. The Morgan fingerprint density at radius 3 is 2.43 bits per heavy atom.